The van der Waals surface area contributed by atoms with E-state index in [4.69, 9.17) is 19.4 Å². The topological polar surface area (TPSA) is 97.4 Å². The van der Waals surface area contributed by atoms with Gasteiger partial charge in [-0.25, -0.2) is 9.97 Å². The largest absolute Gasteiger partial charge is 0.493 e. The Morgan fingerprint density at radius 2 is 1.76 bits per heavy atom. The van der Waals surface area contributed by atoms with Crippen LogP contribution >= 0.6 is 11.3 Å². The number of thiophene rings is 1. The maximum atomic E-state index is 12.9. The lowest BCUT2D eigenvalue weighted by molar-refractivity contribution is -0.129. The maximum absolute atomic E-state index is 12.9. The summed E-state index contributed by atoms with van der Waals surface area (Å²) in [5.41, 5.74) is 4.89. The molecule has 2 aromatic heterocycles. The first kappa shape index (κ1) is 34.7. The number of nitrogens with zero attached hydrogens (tertiary/aromatic N) is 2. The summed E-state index contributed by atoms with van der Waals surface area (Å²) < 4.78 is 12.0. The van der Waals surface area contributed by atoms with Crippen molar-refractivity contribution in [3.8, 4) is 22.6 Å². The van der Waals surface area contributed by atoms with Gasteiger partial charge in [-0.1, -0.05) is 24.3 Å². The standard InChI is InChI=1S/C41H53N5O3S/c1-26(38-17-32(25-50-38)33-11-7-6-10-31(33)24-42-3)44-40-34-18-36(48-4)37(19-35(34)45-27(2)46-40)49-13-9-5-8-12-43-39(47)23-41-20-28-14-29(21-41)16-30(15-28)22-41/h6-7,10-11,17-19,25-26,28-30,42H,5,8-9,12-16,20-24H2,1-4H3,(H,43,47)(H,44,45,46)/t26-,28?,29?,30?,41?/m0/s1. The fourth-order valence-corrected chi connectivity index (χ4v) is 10.4. The van der Waals surface area contributed by atoms with Crippen molar-refractivity contribution in [1.29, 1.82) is 0 Å². The van der Waals surface area contributed by atoms with E-state index in [0.29, 0.717) is 29.3 Å². The van der Waals surface area contributed by atoms with Crippen LogP contribution in [0.3, 0.4) is 0 Å². The summed E-state index contributed by atoms with van der Waals surface area (Å²) in [4.78, 5) is 23.6. The first-order valence-corrected chi connectivity index (χ1v) is 19.5. The molecule has 50 heavy (non-hydrogen) atoms. The minimum atomic E-state index is 0.0477. The molecule has 4 bridgehead atoms. The van der Waals surface area contributed by atoms with Crippen molar-refractivity contribution in [2.24, 2.45) is 23.2 Å². The summed E-state index contributed by atoms with van der Waals surface area (Å²) in [5, 5.41) is 13.3. The SMILES string of the molecule is CNCc1ccccc1-c1csc([C@H](C)Nc2nc(C)nc3cc(OCCCCCNC(=O)CC45CC6CC(CC(C6)C4)C5)c(OC)cc23)c1. The highest BCUT2D eigenvalue weighted by Crippen LogP contribution is 2.61. The lowest BCUT2D eigenvalue weighted by Crippen LogP contribution is -2.48. The lowest BCUT2D eigenvalue weighted by atomic mass is 9.49. The number of fused-ring (bicyclic) bond motifs is 1. The first-order chi connectivity index (χ1) is 24.3. The summed E-state index contributed by atoms with van der Waals surface area (Å²) in [5.74, 6) is 5.74. The van der Waals surface area contributed by atoms with Crippen LogP contribution in [0.2, 0.25) is 0 Å². The van der Waals surface area contributed by atoms with Gasteiger partial charge in [-0.05, 0) is 136 Å². The van der Waals surface area contributed by atoms with Gasteiger partial charge in [0.15, 0.2) is 11.5 Å². The average molecular weight is 696 g/mol. The van der Waals surface area contributed by atoms with Gasteiger partial charge in [-0.15, -0.1) is 11.3 Å². The summed E-state index contributed by atoms with van der Waals surface area (Å²) in [7, 11) is 3.65. The number of hydrogen-bond donors (Lipinski definition) is 3. The number of unbranched alkanes of at least 4 members (excludes halogenated alkanes) is 2. The number of nitrogens with one attached hydrogen (secondary N) is 3. The average Bonchev–Trinajstić information content (AvgIpc) is 3.58. The normalized spacial score (nSPS) is 22.8. The molecular weight excluding hydrogens is 643 g/mol. The van der Waals surface area contributed by atoms with E-state index in [-0.39, 0.29) is 11.9 Å². The minimum absolute atomic E-state index is 0.0477. The highest BCUT2D eigenvalue weighted by atomic mass is 32.1. The molecule has 0 spiro atoms. The van der Waals surface area contributed by atoms with Crippen LogP contribution in [0.15, 0.2) is 47.8 Å². The molecule has 4 aliphatic carbocycles. The zero-order valence-electron chi connectivity index (χ0n) is 30.1. The van der Waals surface area contributed by atoms with Crippen molar-refractivity contribution in [3.63, 3.8) is 0 Å². The third kappa shape index (κ3) is 7.79. The van der Waals surface area contributed by atoms with E-state index >= 15 is 0 Å². The van der Waals surface area contributed by atoms with E-state index in [9.17, 15) is 4.79 Å². The minimum Gasteiger partial charge on any atom is -0.493 e. The third-order valence-corrected chi connectivity index (χ3v) is 12.4. The molecule has 2 aromatic carbocycles. The van der Waals surface area contributed by atoms with Gasteiger partial charge in [0.05, 0.1) is 25.3 Å². The molecule has 4 saturated carbocycles. The molecule has 9 heteroatoms. The van der Waals surface area contributed by atoms with Crippen LogP contribution in [-0.4, -0.2) is 43.2 Å². The second-order valence-electron chi connectivity index (χ2n) is 15.3. The number of aryl methyl sites for hydroxylation is 1. The highest BCUT2D eigenvalue weighted by molar-refractivity contribution is 7.10. The second-order valence-corrected chi connectivity index (χ2v) is 16.2. The lowest BCUT2D eigenvalue weighted by Gasteiger charge is -2.56. The predicted molar refractivity (Wildman–Crippen MR) is 203 cm³/mol. The Morgan fingerprint density at radius 1 is 1.00 bits per heavy atom. The fourth-order valence-electron chi connectivity index (χ4n) is 9.50. The van der Waals surface area contributed by atoms with Crippen LogP contribution in [0.5, 0.6) is 11.5 Å². The molecule has 3 N–H and O–H groups in total. The molecule has 0 saturated heterocycles. The summed E-state index contributed by atoms with van der Waals surface area (Å²) >= 11 is 1.76. The molecule has 0 radical (unpaired) electrons. The summed E-state index contributed by atoms with van der Waals surface area (Å²) in [6, 6.07) is 14.8. The number of benzene rings is 2. The molecule has 0 unspecified atom stereocenters. The van der Waals surface area contributed by atoms with Gasteiger partial charge in [0, 0.05) is 35.8 Å². The Hall–Kier alpha value is -3.69. The van der Waals surface area contributed by atoms with Crippen molar-refractivity contribution < 1.29 is 14.3 Å². The van der Waals surface area contributed by atoms with Crippen LogP contribution in [0.4, 0.5) is 5.82 Å². The van der Waals surface area contributed by atoms with Crippen LogP contribution in [0, 0.1) is 30.1 Å². The van der Waals surface area contributed by atoms with Gasteiger partial charge >= 0.3 is 0 Å². The van der Waals surface area contributed by atoms with Crippen LogP contribution in [-0.2, 0) is 11.3 Å². The quantitative estimate of drug-likeness (QED) is 0.101. The number of amides is 1. The molecule has 8 rings (SSSR count). The zero-order chi connectivity index (χ0) is 34.7. The van der Waals surface area contributed by atoms with Gasteiger partial charge < -0.3 is 25.4 Å². The smallest absolute Gasteiger partial charge is 0.220 e. The number of carbonyl (C=O) groups excluding carboxylic acids is 1. The third-order valence-electron chi connectivity index (χ3n) is 11.3. The van der Waals surface area contributed by atoms with E-state index in [0.717, 1.165) is 73.2 Å². The van der Waals surface area contributed by atoms with Gasteiger partial charge in [0.1, 0.15) is 11.6 Å². The molecule has 4 aliphatic rings. The van der Waals surface area contributed by atoms with Gasteiger partial charge in [-0.3, -0.25) is 4.79 Å². The van der Waals surface area contributed by atoms with Crippen LogP contribution in [0.1, 0.15) is 93.4 Å². The van der Waals surface area contributed by atoms with E-state index < -0.39 is 0 Å². The number of carbonyl (C=O) groups is 1. The van der Waals surface area contributed by atoms with E-state index in [1.54, 1.807) is 18.4 Å². The van der Waals surface area contributed by atoms with Gasteiger partial charge in [0.25, 0.3) is 0 Å². The molecule has 0 aliphatic heterocycles. The zero-order valence-corrected chi connectivity index (χ0v) is 31.0. The molecule has 266 valence electrons. The fraction of sp³-hybridized carbons (Fsp3) is 0.537. The Morgan fingerprint density at radius 3 is 2.50 bits per heavy atom. The Kier molecular flexibility index (Phi) is 10.6. The van der Waals surface area contributed by atoms with Gasteiger partial charge in [-0.2, -0.15) is 0 Å². The number of methoxy groups -OCH3 is 1. The Balaban J connectivity index is 0.914. The van der Waals surface area contributed by atoms with Crippen molar-refractivity contribution in [2.75, 3.05) is 32.6 Å². The molecule has 2 heterocycles. The van der Waals surface area contributed by atoms with Crippen LogP contribution in [0.25, 0.3) is 22.0 Å². The van der Waals surface area contributed by atoms with E-state index in [1.165, 1.54) is 60.1 Å². The monoisotopic (exact) mass is 695 g/mol. The van der Waals surface area contributed by atoms with Crippen LogP contribution < -0.4 is 25.4 Å². The molecule has 4 aromatic rings. The number of ether oxygens (including phenoxy) is 2. The van der Waals surface area contributed by atoms with Crippen molar-refractivity contribution in [2.45, 2.75) is 90.6 Å². The molecular formula is C41H53N5O3S. The highest BCUT2D eigenvalue weighted by Gasteiger charge is 2.51. The Bertz CT molecular complexity index is 1770. The Labute approximate surface area is 301 Å². The second kappa shape index (κ2) is 15.3. The first-order valence-electron chi connectivity index (χ1n) is 18.6. The number of aromatic nitrogens is 2. The molecule has 8 nitrogen and oxygen atoms in total. The summed E-state index contributed by atoms with van der Waals surface area (Å²) in [6.07, 6.45) is 11.7. The molecule has 1 amide bonds. The molecule has 4 fully saturated rings. The van der Waals surface area contributed by atoms with Crippen molar-refractivity contribution in [1.82, 2.24) is 20.6 Å². The van der Waals surface area contributed by atoms with Gasteiger partial charge in [0.2, 0.25) is 5.91 Å². The number of rotatable bonds is 16. The van der Waals surface area contributed by atoms with E-state index in [2.05, 4.69) is 58.6 Å². The van der Waals surface area contributed by atoms with E-state index in [1.807, 2.05) is 26.1 Å². The maximum Gasteiger partial charge on any atom is 0.220 e. The van der Waals surface area contributed by atoms with Crippen molar-refractivity contribution in [3.05, 3.63) is 64.1 Å². The number of anilines is 1. The summed E-state index contributed by atoms with van der Waals surface area (Å²) in [6.45, 7) is 6.24. The predicted octanol–water partition coefficient (Wildman–Crippen LogP) is 8.84. The van der Waals surface area contributed by atoms with Crippen molar-refractivity contribution >= 4 is 34.0 Å². The number of hydrogen-bond acceptors (Lipinski definition) is 8. The molecule has 1 atom stereocenters.